The summed E-state index contributed by atoms with van der Waals surface area (Å²) < 4.78 is 19.6. The van der Waals surface area contributed by atoms with Gasteiger partial charge in [0.15, 0.2) is 11.6 Å². The van der Waals surface area contributed by atoms with Gasteiger partial charge in [0, 0.05) is 11.6 Å². The van der Waals surface area contributed by atoms with Crippen LogP contribution >= 0.6 is 0 Å². The molecular formula is C16H18FNO2. The van der Waals surface area contributed by atoms with E-state index >= 15 is 0 Å². The van der Waals surface area contributed by atoms with E-state index in [0.717, 1.165) is 5.56 Å². The highest BCUT2D eigenvalue weighted by atomic mass is 19.1. The number of aliphatic hydroxyl groups is 1. The molecule has 3 nitrogen and oxygen atoms in total. The Kier molecular flexibility index (Phi) is 4.71. The maximum atomic E-state index is 14.1. The van der Waals surface area contributed by atoms with Crippen molar-refractivity contribution in [2.45, 2.75) is 19.6 Å². The predicted molar refractivity (Wildman–Crippen MR) is 76.3 cm³/mol. The SMILES string of the molecule is CNC(C)c1ccc(Oc2ccccc2CO)c(F)c1. The van der Waals surface area contributed by atoms with Crippen LogP contribution < -0.4 is 10.1 Å². The van der Waals surface area contributed by atoms with Crippen LogP contribution in [0.15, 0.2) is 42.5 Å². The van der Waals surface area contributed by atoms with Crippen LogP contribution in [0.1, 0.15) is 24.1 Å². The topological polar surface area (TPSA) is 41.5 Å². The minimum Gasteiger partial charge on any atom is -0.454 e. The quantitative estimate of drug-likeness (QED) is 0.879. The summed E-state index contributed by atoms with van der Waals surface area (Å²) in [5, 5.41) is 12.3. The minimum atomic E-state index is -0.419. The molecule has 0 radical (unpaired) electrons. The average molecular weight is 275 g/mol. The Labute approximate surface area is 118 Å². The molecule has 2 aromatic rings. The summed E-state index contributed by atoms with van der Waals surface area (Å²) in [6.45, 7) is 1.81. The van der Waals surface area contributed by atoms with Gasteiger partial charge in [-0.2, -0.15) is 0 Å². The van der Waals surface area contributed by atoms with Crippen LogP contribution in [0.2, 0.25) is 0 Å². The van der Waals surface area contributed by atoms with Crippen LogP contribution in [0, 0.1) is 5.82 Å². The fraction of sp³-hybridized carbons (Fsp3) is 0.250. The van der Waals surface area contributed by atoms with Gasteiger partial charge in [-0.3, -0.25) is 0 Å². The molecule has 0 fully saturated rings. The number of halogens is 1. The molecule has 0 bridgehead atoms. The van der Waals surface area contributed by atoms with E-state index in [1.54, 1.807) is 30.3 Å². The zero-order chi connectivity index (χ0) is 14.5. The fourth-order valence-corrected chi connectivity index (χ4v) is 1.89. The molecule has 0 spiro atoms. The first-order chi connectivity index (χ1) is 9.65. The van der Waals surface area contributed by atoms with Gasteiger partial charge < -0.3 is 15.2 Å². The van der Waals surface area contributed by atoms with E-state index in [9.17, 15) is 9.50 Å². The smallest absolute Gasteiger partial charge is 0.166 e. The molecule has 1 unspecified atom stereocenters. The summed E-state index contributed by atoms with van der Waals surface area (Å²) in [5.41, 5.74) is 1.48. The molecule has 4 heteroatoms. The molecule has 0 heterocycles. The number of ether oxygens (including phenoxy) is 1. The van der Waals surface area contributed by atoms with Crippen molar-refractivity contribution in [3.63, 3.8) is 0 Å². The first kappa shape index (κ1) is 14.5. The van der Waals surface area contributed by atoms with Gasteiger partial charge in [-0.1, -0.05) is 24.3 Å². The van der Waals surface area contributed by atoms with Crippen LogP contribution in [-0.4, -0.2) is 12.2 Å². The number of nitrogens with one attached hydrogen (secondary N) is 1. The van der Waals surface area contributed by atoms with Crippen LogP contribution in [0.4, 0.5) is 4.39 Å². The second-order valence-electron chi connectivity index (χ2n) is 4.57. The van der Waals surface area contributed by atoms with Crippen LogP contribution in [0.3, 0.4) is 0 Å². The largest absolute Gasteiger partial charge is 0.454 e. The molecule has 1 atom stereocenters. The van der Waals surface area contributed by atoms with Gasteiger partial charge >= 0.3 is 0 Å². The third-order valence-electron chi connectivity index (χ3n) is 3.25. The molecule has 0 aliphatic carbocycles. The Balaban J connectivity index is 2.26. The lowest BCUT2D eigenvalue weighted by Gasteiger charge is -2.14. The normalized spacial score (nSPS) is 12.2. The lowest BCUT2D eigenvalue weighted by molar-refractivity contribution is 0.276. The lowest BCUT2D eigenvalue weighted by Crippen LogP contribution is -2.12. The molecule has 20 heavy (non-hydrogen) atoms. The molecule has 0 aliphatic heterocycles. The standard InChI is InChI=1S/C16H18FNO2/c1-11(18-2)12-7-8-16(14(17)9-12)20-15-6-4-3-5-13(15)10-19/h3-9,11,18-19H,10H2,1-2H3. The third-order valence-corrected chi connectivity index (χ3v) is 3.25. The molecule has 0 aromatic heterocycles. The molecule has 2 aromatic carbocycles. The second-order valence-corrected chi connectivity index (χ2v) is 4.57. The molecule has 2 rings (SSSR count). The highest BCUT2D eigenvalue weighted by molar-refractivity contribution is 5.39. The first-order valence-electron chi connectivity index (χ1n) is 6.49. The van der Waals surface area contributed by atoms with Gasteiger partial charge in [0.05, 0.1) is 6.61 Å². The van der Waals surface area contributed by atoms with Crippen molar-refractivity contribution in [3.8, 4) is 11.5 Å². The van der Waals surface area contributed by atoms with Crippen molar-refractivity contribution in [1.82, 2.24) is 5.32 Å². The van der Waals surface area contributed by atoms with Crippen molar-refractivity contribution in [3.05, 3.63) is 59.4 Å². The minimum absolute atomic E-state index is 0.0725. The number of para-hydroxylation sites is 1. The summed E-state index contributed by atoms with van der Waals surface area (Å²) in [6, 6.07) is 12.0. The number of hydrogen-bond donors (Lipinski definition) is 2. The Bertz CT molecular complexity index is 586. The summed E-state index contributed by atoms with van der Waals surface area (Å²) in [6.07, 6.45) is 0. The van der Waals surface area contributed by atoms with Crippen molar-refractivity contribution in [2.75, 3.05) is 7.05 Å². The second kappa shape index (κ2) is 6.50. The maximum Gasteiger partial charge on any atom is 0.166 e. The first-order valence-corrected chi connectivity index (χ1v) is 6.49. The molecule has 2 N–H and O–H groups in total. The maximum absolute atomic E-state index is 14.1. The van der Waals surface area contributed by atoms with Gasteiger partial charge in [-0.25, -0.2) is 4.39 Å². The van der Waals surface area contributed by atoms with E-state index in [2.05, 4.69) is 5.32 Å². The number of hydrogen-bond acceptors (Lipinski definition) is 3. The van der Waals surface area contributed by atoms with Gasteiger partial charge in [-0.15, -0.1) is 0 Å². The van der Waals surface area contributed by atoms with E-state index in [0.29, 0.717) is 11.3 Å². The molecule has 0 saturated heterocycles. The van der Waals surface area contributed by atoms with Gasteiger partial charge in [0.1, 0.15) is 5.75 Å². The summed E-state index contributed by atoms with van der Waals surface area (Å²) >= 11 is 0. The predicted octanol–water partition coefficient (Wildman–Crippen LogP) is 3.39. The number of rotatable bonds is 5. The number of benzene rings is 2. The summed E-state index contributed by atoms with van der Waals surface area (Å²) in [7, 11) is 1.82. The number of aliphatic hydroxyl groups excluding tert-OH is 1. The Morgan fingerprint density at radius 2 is 1.95 bits per heavy atom. The van der Waals surface area contributed by atoms with E-state index < -0.39 is 5.82 Å². The van der Waals surface area contributed by atoms with Crippen LogP contribution in [0.5, 0.6) is 11.5 Å². The fourth-order valence-electron chi connectivity index (χ4n) is 1.89. The zero-order valence-corrected chi connectivity index (χ0v) is 11.6. The highest BCUT2D eigenvalue weighted by Gasteiger charge is 2.11. The van der Waals surface area contributed by atoms with Crippen molar-refractivity contribution >= 4 is 0 Å². The zero-order valence-electron chi connectivity index (χ0n) is 11.6. The van der Waals surface area contributed by atoms with Gasteiger partial charge in [0.2, 0.25) is 0 Å². The van der Waals surface area contributed by atoms with Gasteiger partial charge in [-0.05, 0) is 37.7 Å². The van der Waals surface area contributed by atoms with E-state index in [1.807, 2.05) is 20.0 Å². The van der Waals surface area contributed by atoms with E-state index in [4.69, 9.17) is 4.74 Å². The van der Waals surface area contributed by atoms with E-state index in [-0.39, 0.29) is 18.4 Å². The van der Waals surface area contributed by atoms with Crippen LogP contribution in [-0.2, 0) is 6.61 Å². The average Bonchev–Trinajstić information content (AvgIpc) is 2.49. The highest BCUT2D eigenvalue weighted by Crippen LogP contribution is 2.29. The Hall–Kier alpha value is -1.91. The summed E-state index contributed by atoms with van der Waals surface area (Å²) in [5.74, 6) is 0.193. The van der Waals surface area contributed by atoms with Crippen LogP contribution in [0.25, 0.3) is 0 Å². The molecule has 0 aliphatic rings. The Morgan fingerprint density at radius 1 is 1.20 bits per heavy atom. The van der Waals surface area contributed by atoms with Crippen molar-refractivity contribution < 1.29 is 14.2 Å². The van der Waals surface area contributed by atoms with Gasteiger partial charge in [0.25, 0.3) is 0 Å². The molecule has 0 amide bonds. The monoisotopic (exact) mass is 275 g/mol. The summed E-state index contributed by atoms with van der Waals surface area (Å²) in [4.78, 5) is 0. The molecule has 0 saturated carbocycles. The molecule has 106 valence electrons. The third kappa shape index (κ3) is 3.15. The van der Waals surface area contributed by atoms with Crippen molar-refractivity contribution in [1.29, 1.82) is 0 Å². The van der Waals surface area contributed by atoms with Crippen molar-refractivity contribution in [2.24, 2.45) is 0 Å². The lowest BCUT2D eigenvalue weighted by atomic mass is 10.1. The van der Waals surface area contributed by atoms with E-state index in [1.165, 1.54) is 6.07 Å². The Morgan fingerprint density at radius 3 is 2.60 bits per heavy atom. The molecular weight excluding hydrogens is 257 g/mol.